The van der Waals surface area contributed by atoms with Gasteiger partial charge < -0.3 is 33.4 Å². The summed E-state index contributed by atoms with van der Waals surface area (Å²) in [5.41, 5.74) is 39.5. The molecular formula is C83H59Cl6F7N32O. The minimum Gasteiger partial charge on any atom is -0.384 e. The van der Waals surface area contributed by atoms with Crippen LogP contribution in [0.5, 0.6) is 5.88 Å². The molecule has 0 saturated heterocycles. The normalized spacial score (nSPS) is 11.5. The second-order valence-corrected chi connectivity index (χ2v) is 30.4. The summed E-state index contributed by atoms with van der Waals surface area (Å²) in [7, 11) is 3.60. The summed E-state index contributed by atoms with van der Waals surface area (Å²) in [6.45, 7) is 5.41. The maximum absolute atomic E-state index is 13.9. The Balaban J connectivity index is 0.000000118. The van der Waals surface area contributed by atoms with Crippen molar-refractivity contribution in [2.24, 2.45) is 14.1 Å². The smallest absolute Gasteiger partial charge is 0.384 e. The molecule has 0 unspecified atom stereocenters. The molecule has 0 fully saturated rings. The summed E-state index contributed by atoms with van der Waals surface area (Å²) >= 11 is 37.5. The second-order valence-electron chi connectivity index (χ2n) is 28.0. The molecule has 0 amide bonds. The Morgan fingerprint density at radius 3 is 1.26 bits per heavy atom. The van der Waals surface area contributed by atoms with E-state index in [-0.39, 0.29) is 50.8 Å². The van der Waals surface area contributed by atoms with Gasteiger partial charge in [-0.2, -0.15) is 53.3 Å². The number of nitrogens with two attached hydrogens (primary N) is 5. The van der Waals surface area contributed by atoms with E-state index in [0.717, 1.165) is 54.9 Å². The number of ether oxygens (including phenoxy) is 1. The molecule has 20 rings (SSSR count). The van der Waals surface area contributed by atoms with E-state index in [4.69, 9.17) is 98.3 Å². The number of aryl methyl sites for hydroxylation is 5. The van der Waals surface area contributed by atoms with Gasteiger partial charge in [0.1, 0.15) is 51.2 Å². The molecule has 12 N–H and O–H groups in total. The van der Waals surface area contributed by atoms with Gasteiger partial charge in [0.15, 0.2) is 62.5 Å². The number of hydrogen-bond acceptors (Lipinski definition) is 26. The van der Waals surface area contributed by atoms with Crippen LogP contribution in [0.4, 0.5) is 59.8 Å². The fraction of sp³-hybridized carbons (Fsp3) is 0.0843. The van der Waals surface area contributed by atoms with Gasteiger partial charge in [0, 0.05) is 118 Å². The minimum atomic E-state index is -4.98. The van der Waals surface area contributed by atoms with Gasteiger partial charge in [-0.1, -0.05) is 93.9 Å². The molecule has 0 bridgehead atoms. The number of fused-ring (bicyclic) bond motifs is 5. The fourth-order valence-corrected chi connectivity index (χ4v) is 14.5. The first-order valence-electron chi connectivity index (χ1n) is 37.6. The predicted octanol–water partition coefficient (Wildman–Crippen LogP) is 18.3. The third-order valence-electron chi connectivity index (χ3n) is 18.9. The van der Waals surface area contributed by atoms with Crippen molar-refractivity contribution in [1.82, 2.24) is 134 Å². The van der Waals surface area contributed by atoms with E-state index >= 15 is 0 Å². The minimum absolute atomic E-state index is 0.0328. The Morgan fingerprint density at radius 1 is 0.372 bits per heavy atom. The van der Waals surface area contributed by atoms with Gasteiger partial charge in [-0.15, -0.1) is 13.2 Å². The summed E-state index contributed by atoms with van der Waals surface area (Å²) in [4.78, 5) is 54.3. The van der Waals surface area contributed by atoms with Gasteiger partial charge in [0.2, 0.25) is 0 Å². The zero-order valence-electron chi connectivity index (χ0n) is 66.9. The maximum Gasteiger partial charge on any atom is 0.574 e. The van der Waals surface area contributed by atoms with Crippen LogP contribution >= 0.6 is 69.6 Å². The lowest BCUT2D eigenvalue weighted by Gasteiger charge is -2.14. The molecule has 0 saturated carbocycles. The Labute approximate surface area is 751 Å². The summed E-state index contributed by atoms with van der Waals surface area (Å²) in [5, 5.41) is 41.0. The Bertz CT molecular complexity index is 7530. The number of alkyl halides is 6. The third-order valence-corrected chi connectivity index (χ3v) is 20.6. The van der Waals surface area contributed by atoms with Crippen LogP contribution in [0, 0.1) is 26.7 Å². The van der Waals surface area contributed by atoms with Gasteiger partial charge >= 0.3 is 12.5 Å². The largest absolute Gasteiger partial charge is 0.574 e. The molecule has 648 valence electrons. The van der Waals surface area contributed by atoms with E-state index in [1.165, 1.54) is 21.6 Å². The first kappa shape index (κ1) is 87.3. The number of halogens is 13. The fourth-order valence-electron chi connectivity index (χ4n) is 13.1. The Hall–Kier alpha value is -15.2. The number of aromatic amines is 2. The number of H-pyrrole nitrogens is 2. The van der Waals surface area contributed by atoms with Crippen LogP contribution in [0.1, 0.15) is 22.8 Å². The van der Waals surface area contributed by atoms with Crippen LogP contribution in [0.2, 0.25) is 30.4 Å². The van der Waals surface area contributed by atoms with Crippen LogP contribution in [0.25, 0.3) is 151 Å². The topological polar surface area (TPSA) is 453 Å². The zero-order valence-corrected chi connectivity index (χ0v) is 71.4. The van der Waals surface area contributed by atoms with Crippen molar-refractivity contribution in [2.45, 2.75) is 33.3 Å². The van der Waals surface area contributed by atoms with Gasteiger partial charge in [-0.25, -0.2) is 63.9 Å². The van der Waals surface area contributed by atoms with E-state index in [1.54, 1.807) is 157 Å². The molecule has 5 aromatic carbocycles. The molecule has 0 aliphatic rings. The van der Waals surface area contributed by atoms with E-state index in [1.807, 2.05) is 74.8 Å². The van der Waals surface area contributed by atoms with Gasteiger partial charge in [-0.3, -0.25) is 34.5 Å². The quantitative estimate of drug-likeness (QED) is 0.0591. The lowest BCUT2D eigenvalue weighted by molar-refractivity contribution is -0.275. The number of nitrogen functional groups attached to an aromatic ring is 5. The SMILES string of the molecule is Cc1ccn(-c2nc(N)c(C(F)(F)F)nc2-c2ccc3ncccc3c2)n1.Cc1ccn(-c2nc(N)c(Cl)nc2-c2cc(Cl)c3ncccc3c2)n1.Cc1ccn(-c2nc(N)c(OC(F)(F)F)nc2-c2cc(Cl)c3[nH]ncc3c2)n1.Cn1ccc(-c2nc(N)c(Cl)nc2-c2cc(Cl)c3ncccc3c2)n1.Cn1ccc(-c2nc(N)c(F)nc2-c2cc(Cl)c3[nH]ncc3c2)n1. The van der Waals surface area contributed by atoms with Crippen molar-refractivity contribution in [3.05, 3.63) is 255 Å². The molecule has 0 aliphatic carbocycles. The standard InChI is InChI=1S/C18H13F3N6.2C17H12Cl2N6.C16H11ClF3N7O.C15H11ClFN7/c1-10-6-8-27(26-10)17-14(24-15(16(22)25-17)18(19,20)21)12-4-5-13-11(9-12)3-2-7-23-13;1-25-6-4-12(24-25)15-14(22-16(19)17(20)23-15)10-7-9-3-2-5-21-13(9)11(18)8-10;1-9-4-6-25(24-9)17-14(22-15(19)16(20)23-17)11-7-10-3-2-5-21-13(10)12(18)8-11;1-7-2-3-27(26-7)14-12(23-15(13(21)24-14)28-16(18,19)20)8-4-9-6-22-25-11(9)10(17)5-8;1-24-3-2-10(23-24)13-12(20-14(17)15(18)21-13)7-4-8-6-19-22-11(8)9(16)5-7/h2-9H,1H3,(H2,22,25);2*2-8H,1H3,(H2,20,23);2-6H,1H3,(H2,21,24)(H,22,25);2-6H,1H3,(H2,18,21)(H,19,22). The number of hydrogen-bond donors (Lipinski definition) is 7. The predicted molar refractivity (Wildman–Crippen MR) is 476 cm³/mol. The van der Waals surface area contributed by atoms with Crippen LogP contribution in [-0.4, -0.2) is 140 Å². The molecular weight excluding hydrogens is 1810 g/mol. The summed E-state index contributed by atoms with van der Waals surface area (Å²) in [6.07, 6.45) is 7.06. The van der Waals surface area contributed by atoms with Crippen LogP contribution in [0.15, 0.2) is 195 Å². The first-order chi connectivity index (χ1) is 61.6. The highest BCUT2D eigenvalue weighted by Crippen LogP contribution is 2.42. The molecule has 20 aromatic rings. The Kier molecular flexibility index (Phi) is 24.1. The number of aromatic nitrogens is 27. The van der Waals surface area contributed by atoms with Crippen molar-refractivity contribution < 1.29 is 35.5 Å². The summed E-state index contributed by atoms with van der Waals surface area (Å²) in [6, 6.07) is 39.2. The molecule has 33 nitrogen and oxygen atoms in total. The number of rotatable bonds is 11. The number of pyridine rings is 3. The van der Waals surface area contributed by atoms with E-state index in [2.05, 4.69) is 115 Å². The number of anilines is 5. The molecule has 0 aliphatic heterocycles. The van der Waals surface area contributed by atoms with Crippen LogP contribution in [0.3, 0.4) is 0 Å². The molecule has 0 radical (unpaired) electrons. The van der Waals surface area contributed by atoms with Crippen LogP contribution < -0.4 is 33.4 Å². The van der Waals surface area contributed by atoms with Crippen molar-refractivity contribution >= 4 is 153 Å². The number of nitrogens with zero attached hydrogens (tertiary/aromatic N) is 25. The highest BCUT2D eigenvalue weighted by atomic mass is 35.5. The maximum atomic E-state index is 13.9. The van der Waals surface area contributed by atoms with Crippen molar-refractivity contribution in [2.75, 3.05) is 28.7 Å². The molecule has 129 heavy (non-hydrogen) atoms. The number of nitrogens with one attached hydrogen (secondary N) is 2. The molecule has 15 heterocycles. The molecule has 0 spiro atoms. The lowest BCUT2D eigenvalue weighted by Crippen LogP contribution is -2.20. The third kappa shape index (κ3) is 18.9. The van der Waals surface area contributed by atoms with Crippen molar-refractivity contribution in [1.29, 1.82) is 0 Å². The van der Waals surface area contributed by atoms with E-state index in [9.17, 15) is 30.7 Å². The first-order valence-corrected chi connectivity index (χ1v) is 39.8. The van der Waals surface area contributed by atoms with Crippen molar-refractivity contribution in [3.8, 4) is 102 Å². The highest BCUT2D eigenvalue weighted by molar-refractivity contribution is 6.37. The molecule has 0 atom stereocenters. The van der Waals surface area contributed by atoms with Crippen molar-refractivity contribution in [3.63, 3.8) is 0 Å². The van der Waals surface area contributed by atoms with E-state index < -0.39 is 41.7 Å². The summed E-state index contributed by atoms with van der Waals surface area (Å²) in [5.74, 6) is -2.19. The average Bonchev–Trinajstić information content (AvgIpc) is 1.53. The van der Waals surface area contributed by atoms with Gasteiger partial charge in [0.25, 0.3) is 11.8 Å². The lowest BCUT2D eigenvalue weighted by atomic mass is 10.0. The second kappa shape index (κ2) is 35.7. The van der Waals surface area contributed by atoms with Gasteiger partial charge in [-0.05, 0) is 130 Å². The highest BCUT2D eigenvalue weighted by Gasteiger charge is 2.38. The van der Waals surface area contributed by atoms with E-state index in [0.29, 0.717) is 110 Å². The van der Waals surface area contributed by atoms with Gasteiger partial charge in [0.05, 0.1) is 77.1 Å². The Morgan fingerprint density at radius 2 is 0.783 bits per heavy atom. The summed E-state index contributed by atoms with van der Waals surface area (Å²) < 4.78 is 104. The number of benzene rings is 5. The zero-order chi connectivity index (χ0) is 91.2. The monoisotopic (exact) mass is 1860 g/mol. The van der Waals surface area contributed by atoms with Crippen LogP contribution in [-0.2, 0) is 20.3 Å². The average molecular weight is 1870 g/mol. The molecule has 15 aromatic heterocycles. The molecule has 46 heteroatoms.